The quantitative estimate of drug-likeness (QED) is 0.793. The van der Waals surface area contributed by atoms with E-state index in [-0.39, 0.29) is 6.09 Å². The first kappa shape index (κ1) is 14.4. The summed E-state index contributed by atoms with van der Waals surface area (Å²) in [7, 11) is 0. The Kier molecular flexibility index (Phi) is 5.04. The predicted molar refractivity (Wildman–Crippen MR) is 78.1 cm³/mol. The molecule has 0 saturated heterocycles. The molecule has 1 aromatic carbocycles. The van der Waals surface area contributed by atoms with Gasteiger partial charge in [0, 0.05) is 13.1 Å². The smallest absolute Gasteiger partial charge is 0.409 e. The highest BCUT2D eigenvalue weighted by Crippen LogP contribution is 2.26. The molecule has 108 valence electrons. The normalized spacial score (nSPS) is 14.2. The van der Waals surface area contributed by atoms with E-state index in [1.165, 1.54) is 11.1 Å². The number of hydrogen-bond acceptors (Lipinski definition) is 3. The van der Waals surface area contributed by atoms with Crippen molar-refractivity contribution in [2.24, 2.45) is 0 Å². The molecule has 0 saturated carbocycles. The standard InChI is InChI=1S/C16H21NO3/c1-3-12-20-15-7-5-6-13-8-10-17(11-9-14(13)15)16(18)19-4-2/h3,5-7H,1,4,8-12H2,2H3. The molecular formula is C16H21NO3. The van der Waals surface area contributed by atoms with Gasteiger partial charge in [0.2, 0.25) is 0 Å². The number of ether oxygens (including phenoxy) is 2. The highest BCUT2D eigenvalue weighted by atomic mass is 16.6. The summed E-state index contributed by atoms with van der Waals surface area (Å²) in [5, 5.41) is 0. The summed E-state index contributed by atoms with van der Waals surface area (Å²) in [4.78, 5) is 13.6. The van der Waals surface area contributed by atoms with Crippen molar-refractivity contribution in [3.8, 4) is 5.75 Å². The maximum absolute atomic E-state index is 11.8. The molecule has 0 spiro atoms. The van der Waals surface area contributed by atoms with Crippen LogP contribution in [0.5, 0.6) is 5.75 Å². The fraction of sp³-hybridized carbons (Fsp3) is 0.438. The second-order valence-electron chi connectivity index (χ2n) is 4.68. The molecule has 0 atom stereocenters. The highest BCUT2D eigenvalue weighted by molar-refractivity contribution is 5.67. The van der Waals surface area contributed by atoms with E-state index in [2.05, 4.69) is 12.6 Å². The van der Waals surface area contributed by atoms with E-state index < -0.39 is 0 Å². The number of nitrogens with zero attached hydrogens (tertiary/aromatic N) is 1. The Morgan fingerprint density at radius 1 is 1.40 bits per heavy atom. The van der Waals surface area contributed by atoms with E-state index in [0.717, 1.165) is 18.6 Å². The molecule has 2 rings (SSSR count). The Bertz CT molecular complexity index is 485. The molecule has 4 nitrogen and oxygen atoms in total. The van der Waals surface area contributed by atoms with Gasteiger partial charge < -0.3 is 14.4 Å². The highest BCUT2D eigenvalue weighted by Gasteiger charge is 2.21. The van der Waals surface area contributed by atoms with Crippen LogP contribution in [0.1, 0.15) is 18.1 Å². The summed E-state index contributed by atoms with van der Waals surface area (Å²) < 4.78 is 10.8. The molecule has 0 N–H and O–H groups in total. The van der Waals surface area contributed by atoms with Gasteiger partial charge in [-0.3, -0.25) is 0 Å². The monoisotopic (exact) mass is 275 g/mol. The van der Waals surface area contributed by atoms with Crippen molar-refractivity contribution in [2.45, 2.75) is 19.8 Å². The maximum atomic E-state index is 11.8. The summed E-state index contributed by atoms with van der Waals surface area (Å²) in [5.74, 6) is 0.896. The summed E-state index contributed by atoms with van der Waals surface area (Å²) in [6.07, 6.45) is 3.14. The summed E-state index contributed by atoms with van der Waals surface area (Å²) in [6, 6.07) is 6.07. The molecule has 0 aliphatic carbocycles. The fourth-order valence-electron chi connectivity index (χ4n) is 2.42. The van der Waals surface area contributed by atoms with Crippen molar-refractivity contribution in [1.29, 1.82) is 0 Å². The molecular weight excluding hydrogens is 254 g/mol. The van der Waals surface area contributed by atoms with Crippen molar-refractivity contribution in [3.05, 3.63) is 42.0 Å². The van der Waals surface area contributed by atoms with Gasteiger partial charge in [0.15, 0.2) is 0 Å². The molecule has 20 heavy (non-hydrogen) atoms. The van der Waals surface area contributed by atoms with Gasteiger partial charge in [0.25, 0.3) is 0 Å². The SMILES string of the molecule is C=CCOc1cccc2c1CCN(C(=O)OCC)CC2. The van der Waals surface area contributed by atoms with E-state index >= 15 is 0 Å². The van der Waals surface area contributed by atoms with Crippen molar-refractivity contribution >= 4 is 6.09 Å². The molecule has 1 aliphatic rings. The molecule has 1 heterocycles. The molecule has 1 aromatic rings. The molecule has 0 fully saturated rings. The van der Waals surface area contributed by atoms with E-state index in [1.54, 1.807) is 11.0 Å². The number of amides is 1. The fourth-order valence-corrected chi connectivity index (χ4v) is 2.42. The van der Waals surface area contributed by atoms with Crippen LogP contribution in [0.15, 0.2) is 30.9 Å². The lowest BCUT2D eigenvalue weighted by atomic mass is 10.0. The van der Waals surface area contributed by atoms with Crippen LogP contribution in [0.2, 0.25) is 0 Å². The van der Waals surface area contributed by atoms with Crippen molar-refractivity contribution in [1.82, 2.24) is 4.90 Å². The molecule has 0 aromatic heterocycles. The number of benzene rings is 1. The van der Waals surface area contributed by atoms with Gasteiger partial charge in [-0.2, -0.15) is 0 Å². The van der Waals surface area contributed by atoms with Crippen molar-refractivity contribution in [2.75, 3.05) is 26.3 Å². The van der Waals surface area contributed by atoms with Crippen LogP contribution in [-0.2, 0) is 17.6 Å². The minimum Gasteiger partial charge on any atom is -0.489 e. The van der Waals surface area contributed by atoms with E-state index in [1.807, 2.05) is 19.1 Å². The third-order valence-corrected chi connectivity index (χ3v) is 3.40. The molecule has 0 unspecified atom stereocenters. The molecule has 1 aliphatic heterocycles. The van der Waals surface area contributed by atoms with Crippen LogP contribution in [0, 0.1) is 0 Å². The van der Waals surface area contributed by atoms with Crippen LogP contribution in [0.25, 0.3) is 0 Å². The Hall–Kier alpha value is -1.97. The lowest BCUT2D eigenvalue weighted by molar-refractivity contribution is 0.109. The number of fused-ring (bicyclic) bond motifs is 1. The van der Waals surface area contributed by atoms with Crippen LogP contribution in [0.3, 0.4) is 0 Å². The summed E-state index contributed by atoms with van der Waals surface area (Å²) in [5.41, 5.74) is 2.44. The minimum atomic E-state index is -0.228. The summed E-state index contributed by atoms with van der Waals surface area (Å²) in [6.45, 7) is 7.76. The zero-order valence-corrected chi connectivity index (χ0v) is 11.9. The lowest BCUT2D eigenvalue weighted by Gasteiger charge is -2.19. The zero-order valence-electron chi connectivity index (χ0n) is 11.9. The van der Waals surface area contributed by atoms with Crippen LogP contribution in [0.4, 0.5) is 4.79 Å². The van der Waals surface area contributed by atoms with Gasteiger partial charge in [0.1, 0.15) is 12.4 Å². The van der Waals surface area contributed by atoms with Gasteiger partial charge in [-0.15, -0.1) is 0 Å². The summed E-state index contributed by atoms with van der Waals surface area (Å²) >= 11 is 0. The Morgan fingerprint density at radius 2 is 2.20 bits per heavy atom. The number of carbonyl (C=O) groups excluding carboxylic acids is 1. The maximum Gasteiger partial charge on any atom is 0.409 e. The van der Waals surface area contributed by atoms with Crippen molar-refractivity contribution in [3.63, 3.8) is 0 Å². The number of rotatable bonds is 4. The predicted octanol–water partition coefficient (Wildman–Crippen LogP) is 2.81. The largest absolute Gasteiger partial charge is 0.489 e. The third-order valence-electron chi connectivity index (χ3n) is 3.40. The molecule has 4 heteroatoms. The van der Waals surface area contributed by atoms with Crippen molar-refractivity contribution < 1.29 is 14.3 Å². The van der Waals surface area contributed by atoms with E-state index in [9.17, 15) is 4.79 Å². The van der Waals surface area contributed by atoms with E-state index in [4.69, 9.17) is 9.47 Å². The average Bonchev–Trinajstić information content (AvgIpc) is 2.68. The van der Waals surface area contributed by atoms with Gasteiger partial charge >= 0.3 is 6.09 Å². The van der Waals surface area contributed by atoms with Gasteiger partial charge in [0.05, 0.1) is 6.61 Å². The first-order chi connectivity index (χ1) is 9.76. The van der Waals surface area contributed by atoms with Crippen LogP contribution >= 0.6 is 0 Å². The lowest BCUT2D eigenvalue weighted by Crippen LogP contribution is -2.33. The van der Waals surface area contributed by atoms with Gasteiger partial charge in [-0.1, -0.05) is 24.8 Å². The Morgan fingerprint density at radius 3 is 2.95 bits per heavy atom. The first-order valence-electron chi connectivity index (χ1n) is 7.02. The molecule has 0 radical (unpaired) electrons. The first-order valence-corrected chi connectivity index (χ1v) is 7.02. The van der Waals surface area contributed by atoms with Gasteiger partial charge in [-0.05, 0) is 37.0 Å². The topological polar surface area (TPSA) is 38.8 Å². The minimum absolute atomic E-state index is 0.228. The van der Waals surface area contributed by atoms with E-state index in [0.29, 0.717) is 26.3 Å². The molecule has 0 bridgehead atoms. The van der Waals surface area contributed by atoms with Crippen LogP contribution in [-0.4, -0.2) is 37.3 Å². The average molecular weight is 275 g/mol. The van der Waals surface area contributed by atoms with Gasteiger partial charge in [-0.25, -0.2) is 4.79 Å². The number of hydrogen-bond donors (Lipinski definition) is 0. The molecule has 1 amide bonds. The Labute approximate surface area is 120 Å². The number of carbonyl (C=O) groups is 1. The second-order valence-corrected chi connectivity index (χ2v) is 4.68. The second kappa shape index (κ2) is 6.98. The Balaban J connectivity index is 2.12. The van der Waals surface area contributed by atoms with Crippen LogP contribution < -0.4 is 4.74 Å². The third kappa shape index (κ3) is 3.32. The zero-order chi connectivity index (χ0) is 14.4.